The van der Waals surface area contributed by atoms with Gasteiger partial charge in [0, 0.05) is 5.69 Å². The second-order valence-electron chi connectivity index (χ2n) is 10.4. The Morgan fingerprint density at radius 2 is 1.62 bits per heavy atom. The maximum atomic E-state index is 14.1. The molecular weight excluding hydrogens is 586 g/mol. The second kappa shape index (κ2) is 13.1. The Morgan fingerprint density at radius 1 is 0.911 bits per heavy atom. The number of para-hydroxylation sites is 1. The van der Waals surface area contributed by atoms with Gasteiger partial charge < -0.3 is 19.5 Å². The molecule has 0 unspecified atom stereocenters. The van der Waals surface area contributed by atoms with Gasteiger partial charge in [0.15, 0.2) is 16.3 Å². The zero-order chi connectivity index (χ0) is 31.3. The molecule has 45 heavy (non-hydrogen) atoms. The predicted molar refractivity (Wildman–Crippen MR) is 176 cm³/mol. The number of amides is 1. The first-order valence-corrected chi connectivity index (χ1v) is 15.1. The first kappa shape index (κ1) is 29.7. The van der Waals surface area contributed by atoms with E-state index in [1.54, 1.807) is 25.7 Å². The van der Waals surface area contributed by atoms with E-state index in [2.05, 4.69) is 5.32 Å². The minimum absolute atomic E-state index is 0.250. The van der Waals surface area contributed by atoms with Crippen molar-refractivity contribution in [3.05, 3.63) is 151 Å². The number of ether oxygens (including phenoxy) is 3. The molecule has 0 spiro atoms. The molecule has 1 atom stereocenters. The van der Waals surface area contributed by atoms with Crippen molar-refractivity contribution in [2.45, 2.75) is 19.6 Å². The lowest BCUT2D eigenvalue weighted by Gasteiger charge is -2.25. The molecule has 1 N–H and O–H groups in total. The molecule has 9 heteroatoms. The summed E-state index contributed by atoms with van der Waals surface area (Å²) in [7, 11) is 3.18. The van der Waals surface area contributed by atoms with Crippen LogP contribution in [0.4, 0.5) is 5.69 Å². The highest BCUT2D eigenvalue weighted by atomic mass is 32.1. The average Bonchev–Trinajstić information content (AvgIpc) is 3.37. The third-order valence-corrected chi connectivity index (χ3v) is 8.44. The van der Waals surface area contributed by atoms with E-state index in [1.165, 1.54) is 11.3 Å². The number of thiazole rings is 1. The maximum absolute atomic E-state index is 14.1. The van der Waals surface area contributed by atoms with E-state index in [1.807, 2.05) is 109 Å². The summed E-state index contributed by atoms with van der Waals surface area (Å²) in [4.78, 5) is 33.1. The van der Waals surface area contributed by atoms with E-state index in [9.17, 15) is 9.59 Å². The Hall–Kier alpha value is -5.41. The summed E-state index contributed by atoms with van der Waals surface area (Å²) in [5, 5.41) is 2.97. The van der Waals surface area contributed by atoms with Crippen molar-refractivity contribution in [2.75, 3.05) is 19.5 Å². The standard InChI is InChI=1S/C36H31N3O5S/c1-23-32(34(40)38-27-12-8-5-9-13-27)33(26-15-17-28(42-2)18-16-26)39-35(41)31(45-36(39)37-23)21-25-14-19-29(30(20-25)43-3)44-22-24-10-6-4-7-11-24/h4-21,33H,22H2,1-3H3,(H,38,40)/b31-21+/t33-/m1/s1. The van der Waals surface area contributed by atoms with Crippen LogP contribution in [0.2, 0.25) is 0 Å². The molecule has 0 fully saturated rings. The summed E-state index contributed by atoms with van der Waals surface area (Å²) in [6.07, 6.45) is 1.81. The van der Waals surface area contributed by atoms with Crippen molar-refractivity contribution in [1.29, 1.82) is 0 Å². The van der Waals surface area contributed by atoms with Crippen LogP contribution in [0.5, 0.6) is 17.2 Å². The summed E-state index contributed by atoms with van der Waals surface area (Å²) < 4.78 is 19.1. The monoisotopic (exact) mass is 617 g/mol. The van der Waals surface area contributed by atoms with Crippen molar-refractivity contribution < 1.29 is 19.0 Å². The number of carbonyl (C=O) groups excluding carboxylic acids is 1. The second-order valence-corrected chi connectivity index (χ2v) is 11.4. The number of aromatic nitrogens is 1. The van der Waals surface area contributed by atoms with Crippen LogP contribution in [0.15, 0.2) is 124 Å². The van der Waals surface area contributed by atoms with E-state index >= 15 is 0 Å². The normalized spacial score (nSPS) is 14.4. The van der Waals surface area contributed by atoms with E-state index in [0.717, 1.165) is 16.7 Å². The predicted octanol–water partition coefficient (Wildman–Crippen LogP) is 5.47. The van der Waals surface area contributed by atoms with Gasteiger partial charge >= 0.3 is 0 Å². The van der Waals surface area contributed by atoms with Crippen LogP contribution in [-0.4, -0.2) is 24.7 Å². The molecule has 1 aliphatic rings. The van der Waals surface area contributed by atoms with Crippen LogP contribution >= 0.6 is 11.3 Å². The summed E-state index contributed by atoms with van der Waals surface area (Å²) >= 11 is 1.28. The van der Waals surface area contributed by atoms with Crippen molar-refractivity contribution in [3.8, 4) is 17.2 Å². The third-order valence-electron chi connectivity index (χ3n) is 7.45. The van der Waals surface area contributed by atoms with Crippen LogP contribution in [0, 0.1) is 0 Å². The number of nitrogens with zero attached hydrogens (tertiary/aromatic N) is 2. The van der Waals surface area contributed by atoms with Gasteiger partial charge in [0.1, 0.15) is 12.4 Å². The van der Waals surface area contributed by atoms with Crippen LogP contribution in [0.3, 0.4) is 0 Å². The highest BCUT2D eigenvalue weighted by Gasteiger charge is 2.32. The van der Waals surface area contributed by atoms with Gasteiger partial charge in [-0.3, -0.25) is 14.2 Å². The summed E-state index contributed by atoms with van der Waals surface area (Å²) in [5.41, 5.74) is 3.91. The van der Waals surface area contributed by atoms with Crippen molar-refractivity contribution in [1.82, 2.24) is 4.57 Å². The SMILES string of the molecule is COc1ccc([C@@H]2C(C(=O)Nc3ccccc3)=C(C)N=c3s/c(=C/c4ccc(OCc5ccccc5)c(OC)c4)c(=O)n32)cc1. The molecule has 5 aromatic rings. The maximum Gasteiger partial charge on any atom is 0.271 e. The molecule has 0 bridgehead atoms. The lowest BCUT2D eigenvalue weighted by Crippen LogP contribution is -2.40. The van der Waals surface area contributed by atoms with Crippen LogP contribution in [-0.2, 0) is 11.4 Å². The fourth-order valence-electron chi connectivity index (χ4n) is 5.21. The third kappa shape index (κ3) is 6.30. The number of benzene rings is 4. The van der Waals surface area contributed by atoms with Gasteiger partial charge in [-0.05, 0) is 66.1 Å². The summed E-state index contributed by atoms with van der Waals surface area (Å²) in [5.74, 6) is 1.50. The number of allylic oxidation sites excluding steroid dienone is 1. The fraction of sp³-hybridized carbons (Fsp3) is 0.139. The molecule has 4 aromatic carbocycles. The van der Waals surface area contributed by atoms with Crippen LogP contribution in [0.25, 0.3) is 6.08 Å². The molecule has 6 rings (SSSR count). The highest BCUT2D eigenvalue weighted by Crippen LogP contribution is 2.32. The fourth-order valence-corrected chi connectivity index (χ4v) is 6.26. The van der Waals surface area contributed by atoms with E-state index < -0.39 is 6.04 Å². The lowest BCUT2D eigenvalue weighted by molar-refractivity contribution is -0.113. The van der Waals surface area contributed by atoms with E-state index in [4.69, 9.17) is 19.2 Å². The number of fused-ring (bicyclic) bond motifs is 1. The van der Waals surface area contributed by atoms with Crippen molar-refractivity contribution in [2.24, 2.45) is 4.99 Å². The minimum atomic E-state index is -0.693. The van der Waals surface area contributed by atoms with Gasteiger partial charge in [0.2, 0.25) is 0 Å². The van der Waals surface area contributed by atoms with Crippen LogP contribution in [0.1, 0.15) is 29.7 Å². The number of hydrogen-bond donors (Lipinski definition) is 1. The number of anilines is 1. The number of hydrogen-bond acceptors (Lipinski definition) is 7. The minimum Gasteiger partial charge on any atom is -0.497 e. The average molecular weight is 618 g/mol. The van der Waals surface area contributed by atoms with Gasteiger partial charge in [0.25, 0.3) is 11.5 Å². The van der Waals surface area contributed by atoms with Gasteiger partial charge in [0.05, 0.1) is 36.1 Å². The summed E-state index contributed by atoms with van der Waals surface area (Å²) in [6, 6.07) is 31.3. The van der Waals surface area contributed by atoms with Crippen molar-refractivity contribution in [3.63, 3.8) is 0 Å². The first-order chi connectivity index (χ1) is 21.9. The van der Waals surface area contributed by atoms with Gasteiger partial charge in [-0.15, -0.1) is 0 Å². The largest absolute Gasteiger partial charge is 0.497 e. The van der Waals surface area contributed by atoms with Gasteiger partial charge in [-0.25, -0.2) is 4.99 Å². The summed E-state index contributed by atoms with van der Waals surface area (Å²) in [6.45, 7) is 2.20. The molecule has 1 amide bonds. The number of rotatable bonds is 9. The zero-order valence-electron chi connectivity index (χ0n) is 25.0. The van der Waals surface area contributed by atoms with Crippen LogP contribution < -0.4 is 34.4 Å². The molecule has 0 saturated carbocycles. The smallest absolute Gasteiger partial charge is 0.271 e. The van der Waals surface area contributed by atoms with E-state index in [-0.39, 0.29) is 11.5 Å². The molecule has 1 aliphatic heterocycles. The molecule has 226 valence electrons. The van der Waals surface area contributed by atoms with Crippen molar-refractivity contribution >= 4 is 29.0 Å². The number of nitrogens with one attached hydrogen (secondary N) is 1. The Labute approximate surface area is 264 Å². The molecule has 0 radical (unpaired) electrons. The lowest BCUT2D eigenvalue weighted by atomic mass is 9.95. The topological polar surface area (TPSA) is 91.2 Å². The highest BCUT2D eigenvalue weighted by molar-refractivity contribution is 7.07. The quantitative estimate of drug-likeness (QED) is 0.237. The number of methoxy groups -OCH3 is 2. The molecular formula is C36H31N3O5S. The Kier molecular flexibility index (Phi) is 8.61. The Morgan fingerprint density at radius 3 is 2.31 bits per heavy atom. The van der Waals surface area contributed by atoms with Gasteiger partial charge in [-0.1, -0.05) is 78.1 Å². The van der Waals surface area contributed by atoms with Gasteiger partial charge in [-0.2, -0.15) is 0 Å². The zero-order valence-corrected chi connectivity index (χ0v) is 25.8. The molecule has 8 nitrogen and oxygen atoms in total. The molecule has 1 aromatic heterocycles. The Balaban J connectivity index is 1.39. The molecule has 0 saturated heterocycles. The Bertz CT molecular complexity index is 2050. The molecule has 2 heterocycles. The first-order valence-electron chi connectivity index (χ1n) is 14.3. The van der Waals surface area contributed by atoms with E-state index in [0.29, 0.717) is 50.1 Å². The molecule has 0 aliphatic carbocycles. The number of carbonyl (C=O) groups is 1.